The number of hydrogen-bond acceptors (Lipinski definition) is 2. The van der Waals surface area contributed by atoms with E-state index in [-0.39, 0.29) is 11.4 Å². The molecule has 0 unspecified atom stereocenters. The molecule has 1 fully saturated rings. The molecule has 124 valence electrons. The van der Waals surface area contributed by atoms with Crippen molar-refractivity contribution in [2.75, 3.05) is 6.54 Å². The Morgan fingerprint density at radius 1 is 1.32 bits per heavy atom. The highest BCUT2D eigenvalue weighted by Gasteiger charge is 2.28. The van der Waals surface area contributed by atoms with Crippen LogP contribution in [0.1, 0.15) is 77.1 Å². The van der Waals surface area contributed by atoms with Gasteiger partial charge < -0.3 is 4.90 Å². The quantitative estimate of drug-likeness (QED) is 0.844. The molecule has 0 bridgehead atoms. The van der Waals surface area contributed by atoms with Gasteiger partial charge in [-0.2, -0.15) is 5.10 Å². The van der Waals surface area contributed by atoms with Gasteiger partial charge in [0.25, 0.3) is 5.91 Å². The normalized spacial score (nSPS) is 20.3. The Kier molecular flexibility index (Phi) is 5.30. The lowest BCUT2D eigenvalue weighted by Crippen LogP contribution is -2.40. The van der Waals surface area contributed by atoms with Gasteiger partial charge in [0, 0.05) is 18.8 Å². The first-order valence-electron chi connectivity index (χ1n) is 8.65. The fraction of sp³-hybridized carbons (Fsp3) is 0.778. The van der Waals surface area contributed by atoms with Gasteiger partial charge in [0.05, 0.1) is 17.3 Å². The lowest BCUT2D eigenvalue weighted by atomic mass is 9.98. The second-order valence-corrected chi connectivity index (χ2v) is 7.98. The second-order valence-electron chi connectivity index (χ2n) is 7.98. The zero-order chi connectivity index (χ0) is 16.3. The lowest BCUT2D eigenvalue weighted by Gasteiger charge is -2.31. The minimum atomic E-state index is -0.0886. The number of hydrogen-bond donors (Lipinski definition) is 0. The molecule has 0 N–H and O–H groups in total. The maximum absolute atomic E-state index is 13.0. The van der Waals surface area contributed by atoms with Crippen LogP contribution >= 0.6 is 0 Å². The summed E-state index contributed by atoms with van der Waals surface area (Å²) in [4.78, 5) is 15.1. The third-order valence-electron chi connectivity index (χ3n) is 4.40. The van der Waals surface area contributed by atoms with E-state index in [2.05, 4.69) is 44.6 Å². The number of aromatic nitrogens is 2. The van der Waals surface area contributed by atoms with Crippen molar-refractivity contribution < 1.29 is 4.79 Å². The van der Waals surface area contributed by atoms with Crippen molar-refractivity contribution in [2.45, 2.75) is 78.3 Å². The van der Waals surface area contributed by atoms with Crippen molar-refractivity contribution in [3.05, 3.63) is 18.0 Å². The molecule has 0 aromatic carbocycles. The molecule has 2 heterocycles. The van der Waals surface area contributed by atoms with Crippen LogP contribution in [-0.2, 0) is 5.54 Å². The molecule has 0 aliphatic carbocycles. The second kappa shape index (κ2) is 6.84. The summed E-state index contributed by atoms with van der Waals surface area (Å²) in [5.74, 6) is 0.777. The van der Waals surface area contributed by atoms with Crippen LogP contribution in [0.15, 0.2) is 12.4 Å². The van der Waals surface area contributed by atoms with E-state index in [1.807, 2.05) is 10.9 Å². The van der Waals surface area contributed by atoms with Crippen LogP contribution < -0.4 is 0 Å². The molecule has 0 radical (unpaired) electrons. The molecule has 0 spiro atoms. The predicted octanol–water partition coefficient (Wildman–Crippen LogP) is 4.07. The van der Waals surface area contributed by atoms with Crippen molar-refractivity contribution in [1.82, 2.24) is 14.7 Å². The van der Waals surface area contributed by atoms with Gasteiger partial charge in [-0.3, -0.25) is 9.48 Å². The van der Waals surface area contributed by atoms with Crippen LogP contribution in [0, 0.1) is 5.92 Å². The summed E-state index contributed by atoms with van der Waals surface area (Å²) in [5, 5.41) is 4.38. The standard InChI is InChI=1S/C18H31N3O/c1-14(2)11-16-9-7-6-8-10-20(16)17(22)15-12-19-21(13-15)18(3,4)5/h12-14,16H,6-11H2,1-5H3/t16-/m1/s1. The molecule has 1 amide bonds. The highest BCUT2D eigenvalue weighted by Crippen LogP contribution is 2.24. The molecule has 0 saturated carbocycles. The molecule has 4 nitrogen and oxygen atoms in total. The first-order chi connectivity index (χ1) is 10.3. The Bertz CT molecular complexity index is 499. The monoisotopic (exact) mass is 305 g/mol. The molecule has 4 heteroatoms. The molecule has 1 aliphatic rings. The Morgan fingerprint density at radius 2 is 2.05 bits per heavy atom. The van der Waals surface area contributed by atoms with Crippen LogP contribution in [0.25, 0.3) is 0 Å². The molecule has 1 atom stereocenters. The van der Waals surface area contributed by atoms with Crippen molar-refractivity contribution in [1.29, 1.82) is 0 Å². The van der Waals surface area contributed by atoms with Gasteiger partial charge in [-0.1, -0.05) is 26.7 Å². The average molecular weight is 305 g/mol. The number of rotatable bonds is 3. The Morgan fingerprint density at radius 3 is 2.64 bits per heavy atom. The van der Waals surface area contributed by atoms with E-state index in [4.69, 9.17) is 0 Å². The molecular formula is C18H31N3O. The predicted molar refractivity (Wildman–Crippen MR) is 90.0 cm³/mol. The number of carbonyl (C=O) groups is 1. The van der Waals surface area contributed by atoms with Gasteiger partial charge in [-0.05, 0) is 46.0 Å². The summed E-state index contributed by atoms with van der Waals surface area (Å²) in [6.07, 6.45) is 9.46. The summed E-state index contributed by atoms with van der Waals surface area (Å²) < 4.78 is 1.88. The number of nitrogens with zero attached hydrogens (tertiary/aromatic N) is 3. The Hall–Kier alpha value is -1.32. The summed E-state index contributed by atoms with van der Waals surface area (Å²) in [7, 11) is 0. The Balaban J connectivity index is 2.18. The molecule has 1 aromatic heterocycles. The lowest BCUT2D eigenvalue weighted by molar-refractivity contribution is 0.0661. The minimum Gasteiger partial charge on any atom is -0.336 e. The summed E-state index contributed by atoms with van der Waals surface area (Å²) in [6.45, 7) is 11.7. The number of carbonyl (C=O) groups excluding carboxylic acids is 1. The number of amides is 1. The maximum atomic E-state index is 13.0. The van der Waals surface area contributed by atoms with E-state index in [0.717, 1.165) is 31.4 Å². The van der Waals surface area contributed by atoms with Gasteiger partial charge >= 0.3 is 0 Å². The van der Waals surface area contributed by atoms with Crippen LogP contribution in [0.3, 0.4) is 0 Å². The fourth-order valence-corrected chi connectivity index (χ4v) is 3.20. The van der Waals surface area contributed by atoms with Crippen LogP contribution in [0.5, 0.6) is 0 Å². The van der Waals surface area contributed by atoms with Crippen molar-refractivity contribution in [2.24, 2.45) is 5.92 Å². The highest BCUT2D eigenvalue weighted by molar-refractivity contribution is 5.94. The third-order valence-corrected chi connectivity index (χ3v) is 4.40. The molecule has 2 rings (SSSR count). The summed E-state index contributed by atoms with van der Waals surface area (Å²) in [6, 6.07) is 0.382. The fourth-order valence-electron chi connectivity index (χ4n) is 3.20. The van der Waals surface area contributed by atoms with Gasteiger partial charge in [-0.15, -0.1) is 0 Å². The first-order valence-corrected chi connectivity index (χ1v) is 8.65. The van der Waals surface area contributed by atoms with Gasteiger partial charge in [-0.25, -0.2) is 0 Å². The van der Waals surface area contributed by atoms with E-state index in [1.165, 1.54) is 12.8 Å². The smallest absolute Gasteiger partial charge is 0.257 e. The van der Waals surface area contributed by atoms with Crippen LogP contribution in [-0.4, -0.2) is 33.2 Å². The molecular weight excluding hydrogens is 274 g/mol. The summed E-state index contributed by atoms with van der Waals surface area (Å²) in [5.41, 5.74) is 0.639. The molecule has 1 saturated heterocycles. The molecule has 1 aliphatic heterocycles. The van der Waals surface area contributed by atoms with Crippen LogP contribution in [0.4, 0.5) is 0 Å². The zero-order valence-corrected chi connectivity index (χ0v) is 14.8. The van der Waals surface area contributed by atoms with Gasteiger partial charge in [0.1, 0.15) is 0 Å². The van der Waals surface area contributed by atoms with Gasteiger partial charge in [0.15, 0.2) is 0 Å². The van der Waals surface area contributed by atoms with Gasteiger partial charge in [0.2, 0.25) is 0 Å². The topological polar surface area (TPSA) is 38.1 Å². The van der Waals surface area contributed by atoms with E-state index < -0.39 is 0 Å². The Labute approximate surface area is 134 Å². The maximum Gasteiger partial charge on any atom is 0.257 e. The average Bonchev–Trinajstić information content (AvgIpc) is 2.80. The summed E-state index contributed by atoms with van der Waals surface area (Å²) >= 11 is 0. The number of likely N-dealkylation sites (tertiary alicyclic amines) is 1. The van der Waals surface area contributed by atoms with Crippen molar-refractivity contribution in [3.63, 3.8) is 0 Å². The van der Waals surface area contributed by atoms with Crippen LogP contribution in [0.2, 0.25) is 0 Å². The molecule has 1 aromatic rings. The zero-order valence-electron chi connectivity index (χ0n) is 14.8. The largest absolute Gasteiger partial charge is 0.336 e. The molecule has 22 heavy (non-hydrogen) atoms. The SMILES string of the molecule is CC(C)C[C@H]1CCCCCN1C(=O)c1cnn(C(C)(C)C)c1. The first kappa shape index (κ1) is 17.0. The van der Waals surface area contributed by atoms with E-state index >= 15 is 0 Å². The van der Waals surface area contributed by atoms with E-state index in [1.54, 1.807) is 6.20 Å². The van der Waals surface area contributed by atoms with E-state index in [0.29, 0.717) is 12.0 Å². The van der Waals surface area contributed by atoms with Crippen molar-refractivity contribution in [3.8, 4) is 0 Å². The third kappa shape index (κ3) is 4.11. The van der Waals surface area contributed by atoms with E-state index in [9.17, 15) is 4.79 Å². The van der Waals surface area contributed by atoms with Crippen molar-refractivity contribution >= 4 is 5.91 Å². The highest BCUT2D eigenvalue weighted by atomic mass is 16.2. The minimum absolute atomic E-state index is 0.0886.